The molecule has 0 radical (unpaired) electrons. The maximum absolute atomic E-state index is 12.2. The van der Waals surface area contributed by atoms with E-state index >= 15 is 0 Å². The molecule has 0 aliphatic heterocycles. The number of hydrogen-bond acceptors (Lipinski definition) is 3. The molecule has 4 nitrogen and oxygen atoms in total. The molecule has 1 N–H and O–H groups in total. The third kappa shape index (κ3) is 2.73. The van der Waals surface area contributed by atoms with Crippen molar-refractivity contribution in [1.29, 1.82) is 0 Å². The van der Waals surface area contributed by atoms with Gasteiger partial charge in [-0.1, -0.05) is 30.3 Å². The summed E-state index contributed by atoms with van der Waals surface area (Å²) in [6.07, 6.45) is -3.00. The number of H-pyrrole nitrogens is 1. The summed E-state index contributed by atoms with van der Waals surface area (Å²) in [6.45, 7) is 0. The highest BCUT2D eigenvalue weighted by atomic mass is 19.4. The molecular formula is C17H12F3N3O. The van der Waals surface area contributed by atoms with E-state index in [1.165, 1.54) is 12.1 Å². The largest absolute Gasteiger partial charge is 0.573 e. The Hall–Kier alpha value is -2.83. The van der Waals surface area contributed by atoms with Crippen LogP contribution in [0.3, 0.4) is 0 Å². The average molecular weight is 331 g/mol. The van der Waals surface area contributed by atoms with Crippen LogP contribution in [-0.4, -0.2) is 21.8 Å². The number of aromatic amines is 1. The number of rotatable bonds is 2. The molecular weight excluding hydrogens is 319 g/mol. The van der Waals surface area contributed by atoms with Crippen molar-refractivity contribution in [2.24, 2.45) is 0 Å². The lowest BCUT2D eigenvalue weighted by molar-refractivity contribution is -0.274. The summed E-state index contributed by atoms with van der Waals surface area (Å²) < 4.78 is 40.5. The van der Waals surface area contributed by atoms with Crippen molar-refractivity contribution in [1.82, 2.24) is 15.4 Å². The van der Waals surface area contributed by atoms with Crippen molar-refractivity contribution in [2.75, 3.05) is 0 Å². The zero-order valence-corrected chi connectivity index (χ0v) is 12.4. The predicted octanol–water partition coefficient (Wildman–Crippen LogP) is 4.14. The first-order chi connectivity index (χ1) is 11.5. The fourth-order valence-electron chi connectivity index (χ4n) is 2.96. The molecule has 0 amide bonds. The average Bonchev–Trinajstić information content (AvgIpc) is 3.02. The first-order valence-corrected chi connectivity index (χ1v) is 7.39. The molecule has 0 saturated heterocycles. The number of alkyl halides is 3. The molecule has 0 spiro atoms. The van der Waals surface area contributed by atoms with Gasteiger partial charge < -0.3 is 4.74 Å². The van der Waals surface area contributed by atoms with Gasteiger partial charge in [0.15, 0.2) is 0 Å². The number of benzene rings is 2. The number of aromatic nitrogens is 3. The van der Waals surface area contributed by atoms with Gasteiger partial charge in [0.1, 0.15) is 11.4 Å². The number of nitrogens with zero attached hydrogens (tertiary/aromatic N) is 2. The molecule has 7 heteroatoms. The molecule has 24 heavy (non-hydrogen) atoms. The van der Waals surface area contributed by atoms with Crippen molar-refractivity contribution in [3.63, 3.8) is 0 Å². The number of nitrogens with one attached hydrogen (secondary N) is 1. The molecule has 2 aromatic carbocycles. The Balaban J connectivity index is 1.64. The van der Waals surface area contributed by atoms with Crippen LogP contribution >= 0.6 is 0 Å². The summed E-state index contributed by atoms with van der Waals surface area (Å²) in [4.78, 5) is 0. The van der Waals surface area contributed by atoms with Crippen LogP contribution < -0.4 is 4.74 Å². The van der Waals surface area contributed by atoms with Gasteiger partial charge in [0.05, 0.1) is 5.69 Å². The van der Waals surface area contributed by atoms with Crippen molar-refractivity contribution in [3.05, 3.63) is 53.7 Å². The Bertz CT molecular complexity index is 885. The zero-order valence-electron chi connectivity index (χ0n) is 12.4. The number of fused-ring (bicyclic) bond motifs is 3. The molecule has 0 saturated carbocycles. The summed E-state index contributed by atoms with van der Waals surface area (Å²) in [5, 5.41) is 11.0. The van der Waals surface area contributed by atoms with Crippen LogP contribution in [0.25, 0.3) is 22.4 Å². The molecule has 4 rings (SSSR count). The number of ether oxygens (including phenoxy) is 1. The molecule has 1 aliphatic carbocycles. The van der Waals surface area contributed by atoms with E-state index in [-0.39, 0.29) is 5.75 Å². The molecule has 0 fully saturated rings. The molecule has 1 aliphatic rings. The van der Waals surface area contributed by atoms with Crippen LogP contribution in [0.2, 0.25) is 0 Å². The van der Waals surface area contributed by atoms with Crippen molar-refractivity contribution in [2.45, 2.75) is 19.2 Å². The van der Waals surface area contributed by atoms with Crippen molar-refractivity contribution < 1.29 is 17.9 Å². The molecule has 0 atom stereocenters. The number of halogens is 3. The van der Waals surface area contributed by atoms with Crippen LogP contribution in [-0.2, 0) is 12.8 Å². The maximum atomic E-state index is 12.2. The van der Waals surface area contributed by atoms with Gasteiger partial charge in [0.25, 0.3) is 0 Å². The Morgan fingerprint density at radius 1 is 0.917 bits per heavy atom. The van der Waals surface area contributed by atoms with Gasteiger partial charge >= 0.3 is 6.36 Å². The molecule has 0 bridgehead atoms. The third-order valence-electron chi connectivity index (χ3n) is 4.03. The highest BCUT2D eigenvalue weighted by Gasteiger charge is 2.31. The number of aryl methyl sites for hydroxylation is 2. The molecule has 122 valence electrons. The fraction of sp³-hybridized carbons (Fsp3) is 0.176. The van der Waals surface area contributed by atoms with E-state index in [0.717, 1.165) is 46.5 Å². The van der Waals surface area contributed by atoms with Gasteiger partial charge in [-0.3, -0.25) is 0 Å². The summed E-state index contributed by atoms with van der Waals surface area (Å²) in [5.41, 5.74) is 5.81. The summed E-state index contributed by atoms with van der Waals surface area (Å²) in [5.74, 6) is -0.226. The van der Waals surface area contributed by atoms with Gasteiger partial charge in [-0.05, 0) is 41.7 Å². The van der Waals surface area contributed by atoms with E-state index in [9.17, 15) is 13.2 Å². The van der Waals surface area contributed by atoms with Crippen LogP contribution in [0.4, 0.5) is 13.2 Å². The van der Waals surface area contributed by atoms with Gasteiger partial charge in [-0.2, -0.15) is 15.4 Å². The molecule has 0 unspecified atom stereocenters. The van der Waals surface area contributed by atoms with Crippen molar-refractivity contribution in [3.8, 4) is 28.1 Å². The molecule has 3 aromatic rings. The Morgan fingerprint density at radius 2 is 1.67 bits per heavy atom. The minimum Gasteiger partial charge on any atom is -0.406 e. The highest BCUT2D eigenvalue weighted by molar-refractivity contribution is 5.74. The molecule has 1 heterocycles. The normalized spacial score (nSPS) is 13.3. The summed E-state index contributed by atoms with van der Waals surface area (Å²) >= 11 is 0. The second-order valence-electron chi connectivity index (χ2n) is 5.56. The van der Waals surface area contributed by atoms with Gasteiger partial charge in [0.2, 0.25) is 0 Å². The van der Waals surface area contributed by atoms with Crippen LogP contribution in [0.1, 0.15) is 11.3 Å². The van der Waals surface area contributed by atoms with Crippen LogP contribution in [0.15, 0.2) is 42.5 Å². The lowest BCUT2D eigenvalue weighted by atomic mass is 9.89. The maximum Gasteiger partial charge on any atom is 0.573 e. The lowest BCUT2D eigenvalue weighted by Crippen LogP contribution is -2.16. The monoisotopic (exact) mass is 331 g/mol. The zero-order chi connectivity index (χ0) is 16.7. The first kappa shape index (κ1) is 14.7. The molecule has 1 aromatic heterocycles. The highest BCUT2D eigenvalue weighted by Crippen LogP contribution is 2.34. The quantitative estimate of drug-likeness (QED) is 0.768. The minimum atomic E-state index is -4.68. The van der Waals surface area contributed by atoms with Crippen LogP contribution in [0.5, 0.6) is 5.75 Å². The van der Waals surface area contributed by atoms with Gasteiger partial charge in [-0.25, -0.2) is 0 Å². The van der Waals surface area contributed by atoms with E-state index in [1.807, 2.05) is 18.2 Å². The fourth-order valence-corrected chi connectivity index (χ4v) is 2.96. The smallest absolute Gasteiger partial charge is 0.406 e. The van der Waals surface area contributed by atoms with E-state index in [0.29, 0.717) is 0 Å². The van der Waals surface area contributed by atoms with E-state index in [2.05, 4.69) is 20.1 Å². The van der Waals surface area contributed by atoms with Gasteiger partial charge in [-0.15, -0.1) is 13.2 Å². The number of hydrogen-bond donors (Lipinski definition) is 1. The van der Waals surface area contributed by atoms with E-state index < -0.39 is 6.36 Å². The standard InChI is InChI=1S/C17H12F3N3O/c18-17(19,20)24-13-5-1-10(2-6-13)11-3-7-14-12(9-11)4-8-15-16(14)22-23-21-15/h1-3,5-7,9H,4,8H2,(H,21,22,23). The second kappa shape index (κ2) is 5.36. The Labute approximate surface area is 135 Å². The van der Waals surface area contributed by atoms with E-state index in [1.54, 1.807) is 12.1 Å². The van der Waals surface area contributed by atoms with E-state index in [4.69, 9.17) is 0 Å². The SMILES string of the molecule is FC(F)(F)Oc1ccc(-c2ccc3c(c2)CCc2n[nH]nc2-3)cc1. The first-order valence-electron chi connectivity index (χ1n) is 7.39. The summed E-state index contributed by atoms with van der Waals surface area (Å²) in [7, 11) is 0. The van der Waals surface area contributed by atoms with Gasteiger partial charge in [0, 0.05) is 5.56 Å². The predicted molar refractivity (Wildman–Crippen MR) is 81.3 cm³/mol. The van der Waals surface area contributed by atoms with Crippen molar-refractivity contribution >= 4 is 0 Å². The van der Waals surface area contributed by atoms with Crippen LogP contribution in [0, 0.1) is 0 Å². The Kier molecular flexibility index (Phi) is 3.30. The topological polar surface area (TPSA) is 50.8 Å². The Morgan fingerprint density at radius 3 is 2.42 bits per heavy atom. The second-order valence-corrected chi connectivity index (χ2v) is 5.56. The minimum absolute atomic E-state index is 0.226. The third-order valence-corrected chi connectivity index (χ3v) is 4.03. The lowest BCUT2D eigenvalue weighted by Gasteiger charge is -2.15. The summed E-state index contributed by atoms with van der Waals surface area (Å²) in [6, 6.07) is 11.8.